The van der Waals surface area contributed by atoms with Gasteiger partial charge in [0, 0.05) is 19.1 Å². The SMILES string of the molecule is CCNC(=NCCC1CC1)NC1CCCC1.I. The first-order valence-corrected chi connectivity index (χ1v) is 6.93. The van der Waals surface area contributed by atoms with E-state index < -0.39 is 0 Å². The lowest BCUT2D eigenvalue weighted by molar-refractivity contribution is 0.611. The topological polar surface area (TPSA) is 36.4 Å². The maximum absolute atomic E-state index is 4.65. The van der Waals surface area contributed by atoms with E-state index in [1.807, 2.05) is 0 Å². The van der Waals surface area contributed by atoms with Gasteiger partial charge in [-0.05, 0) is 32.1 Å². The number of guanidine groups is 1. The van der Waals surface area contributed by atoms with Gasteiger partial charge in [-0.25, -0.2) is 0 Å². The lowest BCUT2D eigenvalue weighted by Gasteiger charge is -2.16. The number of nitrogens with zero attached hydrogens (tertiary/aromatic N) is 1. The van der Waals surface area contributed by atoms with Crippen LogP contribution in [0, 0.1) is 5.92 Å². The Morgan fingerprint density at radius 3 is 2.47 bits per heavy atom. The molecule has 0 aromatic rings. The number of hydrogen-bond acceptors (Lipinski definition) is 1. The van der Waals surface area contributed by atoms with Crippen LogP contribution in [-0.2, 0) is 0 Å². The molecule has 17 heavy (non-hydrogen) atoms. The van der Waals surface area contributed by atoms with Gasteiger partial charge in [0.1, 0.15) is 0 Å². The summed E-state index contributed by atoms with van der Waals surface area (Å²) in [5, 5.41) is 6.89. The van der Waals surface area contributed by atoms with Gasteiger partial charge in [0.05, 0.1) is 0 Å². The molecule has 0 amide bonds. The van der Waals surface area contributed by atoms with Gasteiger partial charge in [0.25, 0.3) is 0 Å². The summed E-state index contributed by atoms with van der Waals surface area (Å²) < 4.78 is 0. The monoisotopic (exact) mass is 351 g/mol. The summed E-state index contributed by atoms with van der Waals surface area (Å²) in [5.74, 6) is 2.02. The van der Waals surface area contributed by atoms with Crippen LogP contribution >= 0.6 is 24.0 Å². The van der Waals surface area contributed by atoms with Crippen LogP contribution in [0.4, 0.5) is 0 Å². The number of aliphatic imine (C=N–C) groups is 1. The van der Waals surface area contributed by atoms with Crippen molar-refractivity contribution in [2.45, 2.75) is 57.9 Å². The van der Waals surface area contributed by atoms with Gasteiger partial charge >= 0.3 is 0 Å². The van der Waals surface area contributed by atoms with Gasteiger partial charge in [0.15, 0.2) is 5.96 Å². The van der Waals surface area contributed by atoms with Gasteiger partial charge in [-0.1, -0.05) is 25.7 Å². The minimum absolute atomic E-state index is 0. The maximum Gasteiger partial charge on any atom is 0.191 e. The van der Waals surface area contributed by atoms with E-state index in [0.29, 0.717) is 6.04 Å². The van der Waals surface area contributed by atoms with Crippen molar-refractivity contribution in [3.05, 3.63) is 0 Å². The quantitative estimate of drug-likeness (QED) is 0.454. The van der Waals surface area contributed by atoms with Gasteiger partial charge in [-0.3, -0.25) is 4.99 Å². The lowest BCUT2D eigenvalue weighted by atomic mass is 10.2. The Morgan fingerprint density at radius 2 is 1.88 bits per heavy atom. The Hall–Kier alpha value is 0. The van der Waals surface area contributed by atoms with Crippen LogP contribution in [0.2, 0.25) is 0 Å². The molecule has 3 nitrogen and oxygen atoms in total. The fraction of sp³-hybridized carbons (Fsp3) is 0.923. The number of nitrogens with one attached hydrogen (secondary N) is 2. The van der Waals surface area contributed by atoms with E-state index in [0.717, 1.165) is 25.0 Å². The number of rotatable bonds is 5. The maximum atomic E-state index is 4.65. The van der Waals surface area contributed by atoms with Crippen molar-refractivity contribution in [2.24, 2.45) is 10.9 Å². The van der Waals surface area contributed by atoms with Crippen molar-refractivity contribution in [1.82, 2.24) is 10.6 Å². The smallest absolute Gasteiger partial charge is 0.191 e. The van der Waals surface area contributed by atoms with Crippen molar-refractivity contribution in [3.63, 3.8) is 0 Å². The predicted molar refractivity (Wildman–Crippen MR) is 84.1 cm³/mol. The zero-order valence-corrected chi connectivity index (χ0v) is 13.2. The molecule has 0 unspecified atom stereocenters. The van der Waals surface area contributed by atoms with Crippen molar-refractivity contribution < 1.29 is 0 Å². The molecule has 2 aliphatic carbocycles. The molecule has 2 aliphatic rings. The van der Waals surface area contributed by atoms with Crippen LogP contribution in [0.25, 0.3) is 0 Å². The molecule has 0 atom stereocenters. The van der Waals surface area contributed by atoms with E-state index in [4.69, 9.17) is 0 Å². The molecule has 2 saturated carbocycles. The fourth-order valence-corrected chi connectivity index (χ4v) is 2.35. The summed E-state index contributed by atoms with van der Waals surface area (Å²) in [4.78, 5) is 4.65. The highest BCUT2D eigenvalue weighted by Crippen LogP contribution is 2.32. The first-order chi connectivity index (χ1) is 7.88. The summed E-state index contributed by atoms with van der Waals surface area (Å²) in [6, 6.07) is 0.665. The standard InChI is InChI=1S/C13H25N3.HI/c1-2-14-13(15-10-9-11-7-8-11)16-12-5-3-4-6-12;/h11-12H,2-10H2,1H3,(H2,14,15,16);1H. The summed E-state index contributed by atoms with van der Waals surface area (Å²) in [6.45, 7) is 4.08. The highest BCUT2D eigenvalue weighted by molar-refractivity contribution is 14.0. The molecule has 0 aliphatic heterocycles. The van der Waals surface area contributed by atoms with E-state index in [2.05, 4.69) is 22.5 Å². The third-order valence-corrected chi connectivity index (χ3v) is 3.54. The first kappa shape index (κ1) is 15.1. The van der Waals surface area contributed by atoms with Crippen molar-refractivity contribution >= 4 is 29.9 Å². The molecule has 0 heterocycles. The van der Waals surface area contributed by atoms with E-state index >= 15 is 0 Å². The normalized spacial score (nSPS) is 21.1. The van der Waals surface area contributed by atoms with Crippen LogP contribution < -0.4 is 10.6 Å². The summed E-state index contributed by atoms with van der Waals surface area (Å²) in [7, 11) is 0. The van der Waals surface area contributed by atoms with Crippen molar-refractivity contribution in [2.75, 3.05) is 13.1 Å². The minimum atomic E-state index is 0. The fourth-order valence-electron chi connectivity index (χ4n) is 2.35. The van der Waals surface area contributed by atoms with Crippen LogP contribution in [0.15, 0.2) is 4.99 Å². The summed E-state index contributed by atoms with van der Waals surface area (Å²) >= 11 is 0. The average molecular weight is 351 g/mol. The van der Waals surface area contributed by atoms with Crippen molar-refractivity contribution in [3.8, 4) is 0 Å². The molecule has 4 heteroatoms. The van der Waals surface area contributed by atoms with Crippen LogP contribution in [-0.4, -0.2) is 25.1 Å². The molecule has 0 radical (unpaired) electrons. The molecule has 2 fully saturated rings. The zero-order valence-electron chi connectivity index (χ0n) is 10.9. The van der Waals surface area contributed by atoms with Crippen molar-refractivity contribution in [1.29, 1.82) is 0 Å². The molecule has 2 N–H and O–H groups in total. The molecule has 0 aromatic carbocycles. The largest absolute Gasteiger partial charge is 0.357 e. The van der Waals surface area contributed by atoms with E-state index in [1.54, 1.807) is 0 Å². The molecular weight excluding hydrogens is 325 g/mol. The second-order valence-corrected chi connectivity index (χ2v) is 5.12. The summed E-state index contributed by atoms with van der Waals surface area (Å²) in [6.07, 6.45) is 9.52. The molecular formula is C13H26IN3. The zero-order chi connectivity index (χ0) is 11.2. The third-order valence-electron chi connectivity index (χ3n) is 3.54. The molecule has 2 rings (SSSR count). The third kappa shape index (κ3) is 5.93. The van der Waals surface area contributed by atoms with Gasteiger partial charge in [-0.2, -0.15) is 0 Å². The lowest BCUT2D eigenvalue weighted by Crippen LogP contribution is -2.42. The molecule has 0 bridgehead atoms. The van der Waals surface area contributed by atoms with E-state index in [9.17, 15) is 0 Å². The van der Waals surface area contributed by atoms with Crippen LogP contribution in [0.1, 0.15) is 51.9 Å². The van der Waals surface area contributed by atoms with Crippen LogP contribution in [0.5, 0.6) is 0 Å². The summed E-state index contributed by atoms with van der Waals surface area (Å²) in [5.41, 5.74) is 0. The Kier molecular flexibility index (Phi) is 7.23. The van der Waals surface area contributed by atoms with Gasteiger partial charge in [-0.15, -0.1) is 24.0 Å². The molecule has 100 valence electrons. The Bertz CT molecular complexity index is 233. The molecule has 0 aromatic heterocycles. The van der Waals surface area contributed by atoms with Gasteiger partial charge < -0.3 is 10.6 Å². The second-order valence-electron chi connectivity index (χ2n) is 5.12. The first-order valence-electron chi connectivity index (χ1n) is 6.93. The van der Waals surface area contributed by atoms with E-state index in [1.165, 1.54) is 44.9 Å². The average Bonchev–Trinajstić information content (AvgIpc) is 2.95. The number of halogens is 1. The molecule has 0 saturated heterocycles. The molecule has 0 spiro atoms. The van der Waals surface area contributed by atoms with E-state index in [-0.39, 0.29) is 24.0 Å². The Morgan fingerprint density at radius 1 is 1.18 bits per heavy atom. The Balaban J connectivity index is 0.00000144. The Labute approximate surface area is 122 Å². The highest BCUT2D eigenvalue weighted by Gasteiger charge is 2.20. The number of hydrogen-bond donors (Lipinski definition) is 2. The minimum Gasteiger partial charge on any atom is -0.357 e. The predicted octanol–water partition coefficient (Wildman–Crippen LogP) is 2.90. The second kappa shape index (κ2) is 8.16. The van der Waals surface area contributed by atoms with Crippen LogP contribution in [0.3, 0.4) is 0 Å². The van der Waals surface area contributed by atoms with Gasteiger partial charge in [0.2, 0.25) is 0 Å². The highest BCUT2D eigenvalue weighted by atomic mass is 127.